The highest BCUT2D eigenvalue weighted by atomic mass is 16.7. The van der Waals surface area contributed by atoms with Gasteiger partial charge >= 0.3 is 0 Å². The molecular formula is C29H58O7. The molecule has 0 bridgehead atoms. The summed E-state index contributed by atoms with van der Waals surface area (Å²) in [5.41, 5.74) is 0. The van der Waals surface area contributed by atoms with Gasteiger partial charge in [-0.25, -0.2) is 0 Å². The molecule has 0 aromatic carbocycles. The van der Waals surface area contributed by atoms with Crippen LogP contribution in [0.1, 0.15) is 118 Å². The van der Waals surface area contributed by atoms with E-state index < -0.39 is 0 Å². The SMILES string of the molecule is CCCCCCCCCCCC[C@@H](OCOC)[C@@H](CC[C@H](OC(C)OCC)[C@@H]1CO1)OC(C)OCC. The van der Waals surface area contributed by atoms with Gasteiger partial charge in [0.15, 0.2) is 12.6 Å². The average molecular weight is 519 g/mol. The number of methoxy groups -OCH3 is 1. The zero-order valence-corrected chi connectivity index (χ0v) is 24.3. The van der Waals surface area contributed by atoms with Crippen molar-refractivity contribution in [2.45, 2.75) is 155 Å². The Kier molecular flexibility index (Phi) is 21.3. The van der Waals surface area contributed by atoms with Crippen LogP contribution in [0.25, 0.3) is 0 Å². The smallest absolute Gasteiger partial charge is 0.155 e. The van der Waals surface area contributed by atoms with E-state index >= 15 is 0 Å². The minimum atomic E-state index is -0.291. The second-order valence-electron chi connectivity index (χ2n) is 9.93. The largest absolute Gasteiger partial charge is 0.370 e. The van der Waals surface area contributed by atoms with E-state index in [1.165, 1.54) is 57.8 Å². The molecule has 2 unspecified atom stereocenters. The molecule has 216 valence electrons. The fraction of sp³-hybridized carbons (Fsp3) is 1.00. The van der Waals surface area contributed by atoms with Crippen molar-refractivity contribution in [3.63, 3.8) is 0 Å². The van der Waals surface area contributed by atoms with Crippen LogP contribution in [0.4, 0.5) is 0 Å². The summed E-state index contributed by atoms with van der Waals surface area (Å²) < 4.78 is 40.8. The van der Waals surface area contributed by atoms with Gasteiger partial charge in [-0.05, 0) is 47.0 Å². The Hall–Kier alpha value is -0.280. The van der Waals surface area contributed by atoms with Crippen LogP contribution < -0.4 is 0 Å². The van der Waals surface area contributed by atoms with Gasteiger partial charge in [0.25, 0.3) is 0 Å². The number of ether oxygens (including phenoxy) is 7. The molecular weight excluding hydrogens is 460 g/mol. The Bertz CT molecular complexity index is 475. The topological polar surface area (TPSA) is 67.9 Å². The molecule has 0 aromatic rings. The van der Waals surface area contributed by atoms with E-state index in [1.807, 2.05) is 27.7 Å². The summed E-state index contributed by atoms with van der Waals surface area (Å²) in [5.74, 6) is 0. The second kappa shape index (κ2) is 22.7. The summed E-state index contributed by atoms with van der Waals surface area (Å²) in [4.78, 5) is 0. The van der Waals surface area contributed by atoms with Crippen molar-refractivity contribution in [3.05, 3.63) is 0 Å². The van der Waals surface area contributed by atoms with E-state index in [4.69, 9.17) is 33.2 Å². The number of epoxide rings is 1. The Labute approximate surface area is 222 Å². The fourth-order valence-corrected chi connectivity index (χ4v) is 4.69. The van der Waals surface area contributed by atoms with E-state index in [1.54, 1.807) is 7.11 Å². The third kappa shape index (κ3) is 17.3. The lowest BCUT2D eigenvalue weighted by Crippen LogP contribution is -2.37. The molecule has 36 heavy (non-hydrogen) atoms. The number of hydrogen-bond donors (Lipinski definition) is 0. The lowest BCUT2D eigenvalue weighted by molar-refractivity contribution is -0.208. The molecule has 1 aliphatic heterocycles. The van der Waals surface area contributed by atoms with Crippen LogP contribution in [-0.4, -0.2) is 70.7 Å². The standard InChI is InChI=1S/C29H58O7/c1-7-10-11-12-13-14-15-16-17-18-19-26(34-23-30-6)27(35-24(4)31-8-2)20-21-28(29-22-33-29)36-25(5)32-9-3/h24-29H,7-23H2,1-6H3/t24?,25?,26-,27-,28+,29+/m1/s1. The molecule has 0 amide bonds. The molecule has 1 saturated heterocycles. The molecule has 6 atom stereocenters. The Morgan fingerprint density at radius 3 is 1.75 bits per heavy atom. The van der Waals surface area contributed by atoms with Gasteiger partial charge in [-0.15, -0.1) is 0 Å². The first-order valence-electron chi connectivity index (χ1n) is 14.8. The van der Waals surface area contributed by atoms with Gasteiger partial charge in [0, 0.05) is 20.3 Å². The van der Waals surface area contributed by atoms with E-state index in [-0.39, 0.29) is 43.8 Å². The minimum absolute atomic E-state index is 0.0135. The first-order chi connectivity index (χ1) is 17.5. The van der Waals surface area contributed by atoms with Gasteiger partial charge in [0.2, 0.25) is 0 Å². The van der Waals surface area contributed by atoms with Crippen LogP contribution in [0.5, 0.6) is 0 Å². The molecule has 7 nitrogen and oxygen atoms in total. The third-order valence-corrected chi connectivity index (χ3v) is 6.70. The van der Waals surface area contributed by atoms with Gasteiger partial charge in [0.1, 0.15) is 12.9 Å². The van der Waals surface area contributed by atoms with E-state index in [9.17, 15) is 0 Å². The second-order valence-corrected chi connectivity index (χ2v) is 9.93. The molecule has 0 aromatic heterocycles. The van der Waals surface area contributed by atoms with Crippen LogP contribution in [0, 0.1) is 0 Å². The fourth-order valence-electron chi connectivity index (χ4n) is 4.69. The summed E-state index contributed by atoms with van der Waals surface area (Å²) in [5, 5.41) is 0. The van der Waals surface area contributed by atoms with Gasteiger partial charge in [-0.3, -0.25) is 0 Å². The van der Waals surface area contributed by atoms with Gasteiger partial charge in [-0.1, -0.05) is 71.1 Å². The van der Waals surface area contributed by atoms with Crippen molar-refractivity contribution in [3.8, 4) is 0 Å². The molecule has 0 saturated carbocycles. The van der Waals surface area contributed by atoms with Gasteiger partial charge in [0.05, 0.1) is 24.9 Å². The highest BCUT2D eigenvalue weighted by Crippen LogP contribution is 2.27. The van der Waals surface area contributed by atoms with Crippen LogP contribution in [-0.2, 0) is 33.2 Å². The highest BCUT2D eigenvalue weighted by molar-refractivity contribution is 4.83. The average Bonchev–Trinajstić information content (AvgIpc) is 3.70. The molecule has 1 aliphatic rings. The summed E-state index contributed by atoms with van der Waals surface area (Å²) >= 11 is 0. The molecule has 0 radical (unpaired) electrons. The van der Waals surface area contributed by atoms with Crippen molar-refractivity contribution in [1.82, 2.24) is 0 Å². The van der Waals surface area contributed by atoms with Crippen LogP contribution in [0.15, 0.2) is 0 Å². The van der Waals surface area contributed by atoms with Crippen LogP contribution >= 0.6 is 0 Å². The molecule has 0 spiro atoms. The highest BCUT2D eigenvalue weighted by Gasteiger charge is 2.36. The van der Waals surface area contributed by atoms with Crippen molar-refractivity contribution >= 4 is 0 Å². The minimum Gasteiger partial charge on any atom is -0.370 e. The van der Waals surface area contributed by atoms with Crippen molar-refractivity contribution in [2.75, 3.05) is 33.7 Å². The van der Waals surface area contributed by atoms with Crippen molar-refractivity contribution < 1.29 is 33.2 Å². The molecule has 1 heterocycles. The zero-order chi connectivity index (χ0) is 26.4. The predicted molar refractivity (Wildman–Crippen MR) is 144 cm³/mol. The molecule has 7 heteroatoms. The van der Waals surface area contributed by atoms with E-state index in [0.717, 1.165) is 32.3 Å². The van der Waals surface area contributed by atoms with E-state index in [0.29, 0.717) is 13.2 Å². The van der Waals surface area contributed by atoms with Crippen LogP contribution in [0.3, 0.4) is 0 Å². The molecule has 1 rings (SSSR count). The predicted octanol–water partition coefficient (Wildman–Crippen LogP) is 7.00. The summed E-state index contributed by atoms with van der Waals surface area (Å²) in [6, 6.07) is 0. The molecule has 0 N–H and O–H groups in total. The maximum absolute atomic E-state index is 6.37. The lowest BCUT2D eigenvalue weighted by Gasteiger charge is -2.31. The van der Waals surface area contributed by atoms with Crippen molar-refractivity contribution in [2.24, 2.45) is 0 Å². The lowest BCUT2D eigenvalue weighted by atomic mass is 9.98. The van der Waals surface area contributed by atoms with E-state index in [2.05, 4.69) is 6.92 Å². The zero-order valence-electron chi connectivity index (χ0n) is 24.3. The first kappa shape index (κ1) is 33.7. The summed E-state index contributed by atoms with van der Waals surface area (Å²) in [7, 11) is 1.67. The van der Waals surface area contributed by atoms with Crippen LogP contribution in [0.2, 0.25) is 0 Å². The third-order valence-electron chi connectivity index (χ3n) is 6.70. The molecule has 1 fully saturated rings. The van der Waals surface area contributed by atoms with Crippen molar-refractivity contribution in [1.29, 1.82) is 0 Å². The normalized spacial score (nSPS) is 19.7. The molecule has 0 aliphatic carbocycles. The van der Waals surface area contributed by atoms with Gasteiger partial charge in [-0.2, -0.15) is 0 Å². The number of hydrogen-bond acceptors (Lipinski definition) is 7. The first-order valence-corrected chi connectivity index (χ1v) is 14.8. The maximum Gasteiger partial charge on any atom is 0.155 e. The summed E-state index contributed by atoms with van der Waals surface area (Å²) in [6.45, 7) is 12.4. The Balaban J connectivity index is 2.57. The monoisotopic (exact) mass is 518 g/mol. The quantitative estimate of drug-likeness (QED) is 0.0658. The Morgan fingerprint density at radius 1 is 0.667 bits per heavy atom. The number of rotatable bonds is 27. The van der Waals surface area contributed by atoms with Gasteiger partial charge < -0.3 is 33.2 Å². The number of unbranched alkanes of at least 4 members (excludes halogenated alkanes) is 9. The maximum atomic E-state index is 6.37. The summed E-state index contributed by atoms with van der Waals surface area (Å²) in [6.07, 6.45) is 15.2. The Morgan fingerprint density at radius 2 is 1.22 bits per heavy atom.